The molecular formula is C13H22N2O4S2. The van der Waals surface area contributed by atoms with Crippen LogP contribution in [0, 0.1) is 5.41 Å². The third-order valence-electron chi connectivity index (χ3n) is 2.84. The summed E-state index contributed by atoms with van der Waals surface area (Å²) in [5.41, 5.74) is 0.475. The molecule has 0 bridgehead atoms. The number of hydrogen-bond acceptors (Lipinski definition) is 4. The third-order valence-corrected chi connectivity index (χ3v) is 5.08. The Bertz CT molecular complexity index is 689. The number of rotatable bonds is 6. The predicted molar refractivity (Wildman–Crippen MR) is 82.5 cm³/mol. The highest BCUT2D eigenvalue weighted by Gasteiger charge is 2.17. The average Bonchev–Trinajstić information content (AvgIpc) is 2.33. The summed E-state index contributed by atoms with van der Waals surface area (Å²) >= 11 is 0. The highest BCUT2D eigenvalue weighted by Crippen LogP contribution is 2.19. The van der Waals surface area contributed by atoms with Crippen molar-refractivity contribution in [2.24, 2.45) is 10.6 Å². The Morgan fingerprint density at radius 3 is 2.29 bits per heavy atom. The van der Waals surface area contributed by atoms with Gasteiger partial charge >= 0.3 is 0 Å². The van der Waals surface area contributed by atoms with E-state index in [1.165, 1.54) is 18.2 Å². The molecule has 0 amide bonds. The fourth-order valence-electron chi connectivity index (χ4n) is 1.54. The normalized spacial score (nSPS) is 13.3. The van der Waals surface area contributed by atoms with Crippen molar-refractivity contribution in [2.75, 3.05) is 5.75 Å². The maximum absolute atomic E-state index is 11.9. The van der Waals surface area contributed by atoms with Gasteiger partial charge in [-0.25, -0.2) is 26.7 Å². The Morgan fingerprint density at radius 1 is 1.14 bits per heavy atom. The number of hydrogen-bond donors (Lipinski definition) is 2. The standard InChI is InChI=1S/C13H22N2O4S2/c1-13(2,3)7-8-20(16,17)15-10-11-5-4-6-12(9-11)21(14,18)19/h4-6,9,15H,7-8,10H2,1-3H3,(H2,14,18,19). The number of sulfonamides is 2. The highest BCUT2D eigenvalue weighted by atomic mass is 32.2. The van der Waals surface area contributed by atoms with Crippen LogP contribution in [-0.2, 0) is 26.6 Å². The van der Waals surface area contributed by atoms with E-state index in [9.17, 15) is 16.8 Å². The van der Waals surface area contributed by atoms with Crippen molar-refractivity contribution >= 4 is 20.0 Å². The molecule has 0 radical (unpaired) electrons. The lowest BCUT2D eigenvalue weighted by atomic mass is 9.94. The van der Waals surface area contributed by atoms with Crippen LogP contribution >= 0.6 is 0 Å². The van der Waals surface area contributed by atoms with Gasteiger partial charge in [0, 0.05) is 6.54 Å². The van der Waals surface area contributed by atoms with E-state index in [0.29, 0.717) is 12.0 Å². The minimum absolute atomic E-state index is 0.0331. The summed E-state index contributed by atoms with van der Waals surface area (Å²) in [5, 5.41) is 5.04. The summed E-state index contributed by atoms with van der Waals surface area (Å²) in [6.07, 6.45) is 0.541. The van der Waals surface area contributed by atoms with Crippen molar-refractivity contribution in [1.82, 2.24) is 4.72 Å². The molecule has 0 unspecified atom stereocenters. The molecule has 6 nitrogen and oxygen atoms in total. The second kappa shape index (κ2) is 6.43. The SMILES string of the molecule is CC(C)(C)CCS(=O)(=O)NCc1cccc(S(N)(=O)=O)c1. The van der Waals surface area contributed by atoms with Gasteiger partial charge in [-0.2, -0.15) is 0 Å². The average molecular weight is 334 g/mol. The van der Waals surface area contributed by atoms with Crippen LogP contribution in [-0.4, -0.2) is 22.6 Å². The van der Waals surface area contributed by atoms with Crippen LogP contribution in [0.25, 0.3) is 0 Å². The van der Waals surface area contributed by atoms with E-state index in [1.807, 2.05) is 20.8 Å². The molecule has 0 aliphatic carbocycles. The summed E-state index contributed by atoms with van der Waals surface area (Å²) < 4.78 is 48.7. The van der Waals surface area contributed by atoms with Crippen molar-refractivity contribution in [3.63, 3.8) is 0 Å². The molecule has 0 spiro atoms. The Morgan fingerprint density at radius 2 is 1.76 bits per heavy atom. The molecule has 0 saturated carbocycles. The van der Waals surface area contributed by atoms with E-state index >= 15 is 0 Å². The number of primary sulfonamides is 1. The van der Waals surface area contributed by atoms with Crippen molar-refractivity contribution in [3.05, 3.63) is 29.8 Å². The van der Waals surface area contributed by atoms with Crippen molar-refractivity contribution in [1.29, 1.82) is 0 Å². The molecule has 0 aliphatic rings. The van der Waals surface area contributed by atoms with Crippen molar-refractivity contribution < 1.29 is 16.8 Å². The molecule has 0 heterocycles. The van der Waals surface area contributed by atoms with Gasteiger partial charge in [0.2, 0.25) is 20.0 Å². The summed E-state index contributed by atoms with van der Waals surface area (Å²) in [6.45, 7) is 5.95. The summed E-state index contributed by atoms with van der Waals surface area (Å²) in [4.78, 5) is -0.0334. The van der Waals surface area contributed by atoms with Gasteiger partial charge in [-0.15, -0.1) is 0 Å². The van der Waals surface area contributed by atoms with E-state index in [-0.39, 0.29) is 22.6 Å². The van der Waals surface area contributed by atoms with E-state index in [2.05, 4.69) is 4.72 Å². The lowest BCUT2D eigenvalue weighted by Gasteiger charge is -2.17. The molecule has 1 rings (SSSR count). The molecule has 120 valence electrons. The van der Waals surface area contributed by atoms with Crippen LogP contribution in [0.3, 0.4) is 0 Å². The van der Waals surface area contributed by atoms with Gasteiger partial charge in [0.1, 0.15) is 0 Å². The molecule has 21 heavy (non-hydrogen) atoms. The summed E-state index contributed by atoms with van der Waals surface area (Å²) in [7, 11) is -7.18. The molecule has 0 aromatic heterocycles. The molecule has 1 aromatic rings. The molecule has 0 fully saturated rings. The van der Waals surface area contributed by atoms with Crippen LogP contribution in [0.1, 0.15) is 32.8 Å². The smallest absolute Gasteiger partial charge is 0.225 e. The number of nitrogens with two attached hydrogens (primary N) is 1. The van der Waals surface area contributed by atoms with Crippen LogP contribution in [0.5, 0.6) is 0 Å². The summed E-state index contributed by atoms with van der Waals surface area (Å²) in [5.74, 6) is 0.0331. The quantitative estimate of drug-likeness (QED) is 0.815. The van der Waals surface area contributed by atoms with Gasteiger partial charge in [0.25, 0.3) is 0 Å². The second-order valence-electron chi connectivity index (χ2n) is 6.14. The first-order valence-electron chi connectivity index (χ1n) is 6.48. The van der Waals surface area contributed by atoms with E-state index in [1.54, 1.807) is 6.07 Å². The zero-order valence-electron chi connectivity index (χ0n) is 12.5. The topological polar surface area (TPSA) is 106 Å². The summed E-state index contributed by atoms with van der Waals surface area (Å²) in [6, 6.07) is 5.90. The highest BCUT2D eigenvalue weighted by molar-refractivity contribution is 7.89. The van der Waals surface area contributed by atoms with Gasteiger partial charge in [-0.1, -0.05) is 32.9 Å². The number of nitrogens with one attached hydrogen (secondary N) is 1. The Labute approximate surface area is 126 Å². The van der Waals surface area contributed by atoms with Crippen LogP contribution in [0.4, 0.5) is 0 Å². The first-order valence-corrected chi connectivity index (χ1v) is 9.68. The van der Waals surface area contributed by atoms with Gasteiger partial charge in [0.05, 0.1) is 10.6 Å². The first kappa shape index (κ1) is 18.1. The van der Waals surface area contributed by atoms with Crippen molar-refractivity contribution in [2.45, 2.75) is 38.6 Å². The fourth-order valence-corrected chi connectivity index (χ4v) is 3.53. The largest absolute Gasteiger partial charge is 0.238 e. The maximum atomic E-state index is 11.9. The molecule has 8 heteroatoms. The minimum Gasteiger partial charge on any atom is -0.225 e. The number of benzene rings is 1. The van der Waals surface area contributed by atoms with E-state index in [4.69, 9.17) is 5.14 Å². The third kappa shape index (κ3) is 7.03. The fraction of sp³-hybridized carbons (Fsp3) is 0.538. The Balaban J connectivity index is 2.71. The molecule has 3 N–H and O–H groups in total. The predicted octanol–water partition coefficient (Wildman–Crippen LogP) is 1.19. The molecule has 1 aromatic carbocycles. The lowest BCUT2D eigenvalue weighted by molar-refractivity contribution is 0.396. The molecular weight excluding hydrogens is 312 g/mol. The minimum atomic E-state index is -3.79. The monoisotopic (exact) mass is 334 g/mol. The first-order chi connectivity index (χ1) is 9.39. The Hall–Kier alpha value is -0.960. The molecule has 0 aliphatic heterocycles. The Kier molecular flexibility index (Phi) is 5.54. The lowest BCUT2D eigenvalue weighted by Crippen LogP contribution is -2.28. The van der Waals surface area contributed by atoms with Crippen LogP contribution in [0.2, 0.25) is 0 Å². The van der Waals surface area contributed by atoms with Gasteiger partial charge in [-0.05, 0) is 29.5 Å². The van der Waals surface area contributed by atoms with E-state index in [0.717, 1.165) is 0 Å². The van der Waals surface area contributed by atoms with Crippen LogP contribution in [0.15, 0.2) is 29.2 Å². The maximum Gasteiger partial charge on any atom is 0.238 e. The van der Waals surface area contributed by atoms with Crippen molar-refractivity contribution in [3.8, 4) is 0 Å². The van der Waals surface area contributed by atoms with Gasteiger partial charge < -0.3 is 0 Å². The van der Waals surface area contributed by atoms with E-state index < -0.39 is 20.0 Å². The molecule has 0 saturated heterocycles. The van der Waals surface area contributed by atoms with Gasteiger partial charge in [0.15, 0.2) is 0 Å². The zero-order chi connectivity index (χ0) is 16.3. The zero-order valence-corrected chi connectivity index (χ0v) is 14.1. The second-order valence-corrected chi connectivity index (χ2v) is 9.63. The van der Waals surface area contributed by atoms with Gasteiger partial charge in [-0.3, -0.25) is 0 Å². The molecule has 0 atom stereocenters. The van der Waals surface area contributed by atoms with Crippen LogP contribution < -0.4 is 9.86 Å².